The number of halogens is 2. The smallest absolute Gasteiger partial charge is 0.177 e. The lowest BCUT2D eigenvalue weighted by atomic mass is 10.1. The average molecular weight is 303 g/mol. The summed E-state index contributed by atoms with van der Waals surface area (Å²) in [5.41, 5.74) is 0.538. The Hall–Kier alpha value is -0.670. The molecular weight excluding hydrogens is 300 g/mol. The van der Waals surface area contributed by atoms with Gasteiger partial charge in [-0.1, -0.05) is 0 Å². The fraction of sp³-hybridized carbons (Fsp3) is 0. The van der Waals surface area contributed by atoms with Gasteiger partial charge in [0, 0.05) is 8.96 Å². The molecule has 4 heteroatoms. The van der Waals surface area contributed by atoms with E-state index in [2.05, 4.69) is 22.6 Å². The number of nitriles is 1. The summed E-state index contributed by atoms with van der Waals surface area (Å²) in [5.74, 6) is 0. The van der Waals surface area contributed by atoms with Crippen LogP contribution in [0, 0.1) is 20.0 Å². The molecule has 13 heavy (non-hydrogen) atoms. The van der Waals surface area contributed by atoms with Crippen LogP contribution in [0.4, 0.5) is 4.39 Å². The first-order valence-electron chi connectivity index (χ1n) is 3.50. The normalized spacial score (nSPS) is 10.2. The van der Waals surface area contributed by atoms with Crippen LogP contribution in [0.1, 0.15) is 5.56 Å². The van der Waals surface area contributed by atoms with Crippen LogP contribution < -0.4 is 0 Å². The predicted octanol–water partition coefficient (Wildman–Crippen LogP) is 3.52. The van der Waals surface area contributed by atoms with Crippen molar-refractivity contribution in [2.45, 2.75) is 0 Å². The van der Waals surface area contributed by atoms with Gasteiger partial charge in [-0.3, -0.25) is 0 Å². The van der Waals surface area contributed by atoms with Crippen LogP contribution in [0.5, 0.6) is 0 Å². The lowest BCUT2D eigenvalue weighted by Crippen LogP contribution is -1.76. The lowest BCUT2D eigenvalue weighted by Gasteiger charge is -1.94. The van der Waals surface area contributed by atoms with Crippen molar-refractivity contribution in [3.8, 4) is 6.07 Å². The summed E-state index contributed by atoms with van der Waals surface area (Å²) in [6.45, 7) is 0. The second-order valence-electron chi connectivity index (χ2n) is 2.50. The third kappa shape index (κ3) is 1.42. The predicted molar refractivity (Wildman–Crippen MR) is 59.2 cm³/mol. The number of benzene rings is 1. The van der Waals surface area contributed by atoms with Gasteiger partial charge in [0.25, 0.3) is 0 Å². The Morgan fingerprint density at radius 1 is 1.46 bits per heavy atom. The summed E-state index contributed by atoms with van der Waals surface area (Å²) in [6, 6.07) is 7.01. The van der Waals surface area contributed by atoms with Gasteiger partial charge in [-0.05, 0) is 40.8 Å². The van der Waals surface area contributed by atoms with Crippen LogP contribution in [-0.4, -0.2) is 0 Å². The average Bonchev–Trinajstić information content (AvgIpc) is 2.48. The van der Waals surface area contributed by atoms with Gasteiger partial charge in [0.05, 0.1) is 16.3 Å². The number of nitrogens with zero attached hydrogens (tertiary/aromatic N) is 1. The maximum Gasteiger partial charge on any atom is 0.177 e. The largest absolute Gasteiger partial charge is 0.195 e. The summed E-state index contributed by atoms with van der Waals surface area (Å²) in [4.78, 5) is 0. The summed E-state index contributed by atoms with van der Waals surface area (Å²) >= 11 is 3.22. The van der Waals surface area contributed by atoms with Crippen molar-refractivity contribution in [3.05, 3.63) is 32.5 Å². The highest BCUT2D eigenvalue weighted by Gasteiger charge is 2.08. The van der Waals surface area contributed by atoms with Crippen LogP contribution in [0.15, 0.2) is 18.2 Å². The molecule has 0 bridgehead atoms. The van der Waals surface area contributed by atoms with E-state index in [4.69, 9.17) is 5.26 Å². The maximum absolute atomic E-state index is 12.9. The third-order valence-corrected chi connectivity index (χ3v) is 3.95. The Kier molecular flexibility index (Phi) is 2.22. The molecule has 0 aliphatic rings. The van der Waals surface area contributed by atoms with Crippen molar-refractivity contribution >= 4 is 44.0 Å². The molecule has 1 aromatic carbocycles. The fourth-order valence-electron chi connectivity index (χ4n) is 1.16. The number of hydrogen-bond acceptors (Lipinski definition) is 2. The minimum atomic E-state index is -0.240. The quantitative estimate of drug-likeness (QED) is 0.683. The number of thiophene rings is 1. The highest BCUT2D eigenvalue weighted by atomic mass is 127. The summed E-state index contributed by atoms with van der Waals surface area (Å²) in [5, 5.41) is 9.24. The summed E-state index contributed by atoms with van der Waals surface area (Å²) < 4.78 is 14.8. The van der Waals surface area contributed by atoms with Gasteiger partial charge in [-0.15, -0.1) is 11.3 Å². The van der Waals surface area contributed by atoms with E-state index < -0.39 is 0 Å². The van der Waals surface area contributed by atoms with Crippen LogP contribution in [0.2, 0.25) is 0 Å². The zero-order valence-electron chi connectivity index (χ0n) is 6.34. The minimum Gasteiger partial charge on any atom is -0.195 e. The first-order chi connectivity index (χ1) is 6.22. The zero-order valence-corrected chi connectivity index (χ0v) is 9.32. The van der Waals surface area contributed by atoms with Crippen LogP contribution in [0.25, 0.3) is 10.1 Å². The summed E-state index contributed by atoms with van der Waals surface area (Å²) in [6.07, 6.45) is 0. The van der Waals surface area contributed by atoms with Gasteiger partial charge in [0.1, 0.15) is 0 Å². The van der Waals surface area contributed by atoms with E-state index >= 15 is 0 Å². The van der Waals surface area contributed by atoms with Gasteiger partial charge in [-0.2, -0.15) is 9.65 Å². The van der Waals surface area contributed by atoms with Gasteiger partial charge in [0.2, 0.25) is 0 Å². The van der Waals surface area contributed by atoms with Crippen molar-refractivity contribution in [1.29, 1.82) is 5.26 Å². The number of hydrogen-bond donors (Lipinski definition) is 0. The van der Waals surface area contributed by atoms with Gasteiger partial charge < -0.3 is 0 Å². The molecule has 0 saturated carbocycles. The Morgan fingerprint density at radius 2 is 2.23 bits per heavy atom. The zero-order chi connectivity index (χ0) is 9.42. The highest BCUT2D eigenvalue weighted by molar-refractivity contribution is 14.1. The Labute approximate surface area is 91.9 Å². The summed E-state index contributed by atoms with van der Waals surface area (Å²) in [7, 11) is 0. The Morgan fingerprint density at radius 3 is 2.92 bits per heavy atom. The molecule has 1 aromatic heterocycles. The molecule has 0 unspecified atom stereocenters. The monoisotopic (exact) mass is 303 g/mol. The molecule has 0 amide bonds. The van der Waals surface area contributed by atoms with Crippen molar-refractivity contribution in [3.63, 3.8) is 0 Å². The van der Waals surface area contributed by atoms with E-state index in [0.717, 1.165) is 25.0 Å². The third-order valence-electron chi connectivity index (χ3n) is 1.73. The lowest BCUT2D eigenvalue weighted by molar-refractivity contribution is 0.658. The highest BCUT2D eigenvalue weighted by Crippen LogP contribution is 2.30. The van der Waals surface area contributed by atoms with Gasteiger partial charge in [-0.25, -0.2) is 0 Å². The fourth-order valence-corrected chi connectivity index (χ4v) is 2.77. The first kappa shape index (κ1) is 8.91. The molecule has 64 valence electrons. The van der Waals surface area contributed by atoms with Crippen molar-refractivity contribution in [2.24, 2.45) is 0 Å². The van der Waals surface area contributed by atoms with Crippen molar-refractivity contribution in [2.75, 3.05) is 0 Å². The van der Waals surface area contributed by atoms with Crippen LogP contribution in [-0.2, 0) is 0 Å². The Bertz CT molecular complexity index is 512. The van der Waals surface area contributed by atoms with E-state index in [9.17, 15) is 4.39 Å². The molecule has 1 nitrogen and oxygen atoms in total. The standard InChI is InChI=1S/C9H3FINS/c10-8-3-6-5(4-12)1-2-7(11)9(6)13-8/h1-3H. The second kappa shape index (κ2) is 3.24. The van der Waals surface area contributed by atoms with E-state index in [-0.39, 0.29) is 5.13 Å². The van der Waals surface area contributed by atoms with Crippen molar-refractivity contribution < 1.29 is 4.39 Å². The van der Waals surface area contributed by atoms with Crippen LogP contribution >= 0.6 is 33.9 Å². The maximum atomic E-state index is 12.9. The topological polar surface area (TPSA) is 23.8 Å². The van der Waals surface area contributed by atoms with E-state index in [1.807, 2.05) is 12.1 Å². The minimum absolute atomic E-state index is 0.240. The molecule has 0 aliphatic carbocycles. The molecule has 0 radical (unpaired) electrons. The second-order valence-corrected chi connectivity index (χ2v) is 4.66. The molecule has 0 N–H and O–H groups in total. The molecule has 0 saturated heterocycles. The van der Waals surface area contributed by atoms with Crippen LogP contribution in [0.3, 0.4) is 0 Å². The molecular formula is C9H3FINS. The molecule has 0 atom stereocenters. The van der Waals surface area contributed by atoms with Crippen molar-refractivity contribution in [1.82, 2.24) is 0 Å². The molecule has 0 fully saturated rings. The molecule has 2 aromatic rings. The molecule has 1 heterocycles. The first-order valence-corrected chi connectivity index (χ1v) is 5.39. The van der Waals surface area contributed by atoms with E-state index in [1.165, 1.54) is 6.07 Å². The van der Waals surface area contributed by atoms with E-state index in [1.54, 1.807) is 6.07 Å². The number of fused-ring (bicyclic) bond motifs is 1. The molecule has 2 rings (SSSR count). The SMILES string of the molecule is N#Cc1ccc(I)c2sc(F)cc12. The van der Waals surface area contributed by atoms with Gasteiger partial charge in [0.15, 0.2) is 5.13 Å². The Balaban J connectivity index is 2.94. The molecule has 0 spiro atoms. The number of rotatable bonds is 0. The van der Waals surface area contributed by atoms with Gasteiger partial charge >= 0.3 is 0 Å². The van der Waals surface area contributed by atoms with E-state index in [0.29, 0.717) is 5.56 Å². The molecule has 0 aliphatic heterocycles.